The van der Waals surface area contributed by atoms with Crippen molar-refractivity contribution in [2.45, 2.75) is 38.6 Å². The number of nitrogens with one attached hydrogen (secondary N) is 1. The summed E-state index contributed by atoms with van der Waals surface area (Å²) in [6, 6.07) is 1.82. The molecule has 1 amide bonds. The first-order valence-electron chi connectivity index (χ1n) is 9.20. The predicted octanol–water partition coefficient (Wildman–Crippen LogP) is 2.36. The smallest absolute Gasteiger partial charge is 0.223 e. The lowest BCUT2D eigenvalue weighted by Crippen LogP contribution is -2.34. The molecule has 7 nitrogen and oxygen atoms in total. The molecule has 0 fully saturated rings. The molecule has 0 radical (unpaired) electrons. The first-order chi connectivity index (χ1) is 12.8. The van der Waals surface area contributed by atoms with Gasteiger partial charge in [-0.05, 0) is 25.2 Å². The van der Waals surface area contributed by atoms with Gasteiger partial charge in [-0.1, -0.05) is 17.3 Å². The van der Waals surface area contributed by atoms with E-state index in [0.29, 0.717) is 25.4 Å². The van der Waals surface area contributed by atoms with Gasteiger partial charge >= 0.3 is 0 Å². The Morgan fingerprint density at radius 3 is 3.04 bits per heavy atom. The monoisotopic (exact) mass is 353 g/mol. The van der Waals surface area contributed by atoms with Gasteiger partial charge in [0.1, 0.15) is 24.1 Å². The lowest BCUT2D eigenvalue weighted by Gasteiger charge is -2.21. The zero-order chi connectivity index (χ0) is 17.8. The van der Waals surface area contributed by atoms with Crippen molar-refractivity contribution >= 4 is 11.7 Å². The molecule has 26 heavy (non-hydrogen) atoms. The van der Waals surface area contributed by atoms with E-state index in [2.05, 4.69) is 32.6 Å². The zero-order valence-corrected chi connectivity index (χ0v) is 14.7. The Balaban J connectivity index is 1.41. The fraction of sp³-hybridized carbons (Fsp3) is 0.474. The maximum Gasteiger partial charge on any atom is 0.223 e. The van der Waals surface area contributed by atoms with Gasteiger partial charge in [-0.15, -0.1) is 0 Å². The summed E-state index contributed by atoms with van der Waals surface area (Å²) in [5.74, 6) is 1.48. The van der Waals surface area contributed by atoms with Crippen molar-refractivity contribution in [1.82, 2.24) is 20.0 Å². The average molecular weight is 353 g/mol. The van der Waals surface area contributed by atoms with Crippen LogP contribution in [0.3, 0.4) is 0 Å². The van der Waals surface area contributed by atoms with Crippen LogP contribution >= 0.6 is 0 Å². The molecule has 1 atom stereocenters. The normalized spacial score (nSPS) is 19.2. The molecule has 0 aromatic carbocycles. The van der Waals surface area contributed by atoms with E-state index in [1.165, 1.54) is 0 Å². The highest BCUT2D eigenvalue weighted by Crippen LogP contribution is 2.24. The number of hydrogen-bond donors (Lipinski definition) is 1. The van der Waals surface area contributed by atoms with Crippen LogP contribution in [0.1, 0.15) is 36.2 Å². The fourth-order valence-electron chi connectivity index (χ4n) is 3.65. The summed E-state index contributed by atoms with van der Waals surface area (Å²) < 4.78 is 4.86. The molecule has 2 aromatic rings. The summed E-state index contributed by atoms with van der Waals surface area (Å²) in [4.78, 5) is 23.5. The quantitative estimate of drug-likeness (QED) is 0.831. The minimum absolute atomic E-state index is 0.249. The summed E-state index contributed by atoms with van der Waals surface area (Å²) in [6.45, 7) is 1.99. The molecule has 0 saturated heterocycles. The number of amides is 1. The van der Waals surface area contributed by atoms with Crippen LogP contribution in [-0.4, -0.2) is 39.0 Å². The summed E-state index contributed by atoms with van der Waals surface area (Å²) >= 11 is 0. The molecule has 0 saturated carbocycles. The Morgan fingerprint density at radius 2 is 2.23 bits per heavy atom. The molecular weight excluding hydrogens is 330 g/mol. The summed E-state index contributed by atoms with van der Waals surface area (Å²) in [5, 5.41) is 7.23. The van der Waals surface area contributed by atoms with Gasteiger partial charge in [-0.3, -0.25) is 4.79 Å². The minimum atomic E-state index is 0.249. The number of carbonyl (C=O) groups is 1. The van der Waals surface area contributed by atoms with E-state index >= 15 is 0 Å². The molecule has 2 aromatic heterocycles. The van der Waals surface area contributed by atoms with E-state index < -0.39 is 0 Å². The molecule has 0 spiro atoms. The third-order valence-corrected chi connectivity index (χ3v) is 5.11. The van der Waals surface area contributed by atoms with Crippen molar-refractivity contribution in [2.75, 3.05) is 18.4 Å². The minimum Gasteiger partial charge on any atom is -0.364 e. The van der Waals surface area contributed by atoms with Crippen molar-refractivity contribution in [3.63, 3.8) is 0 Å². The van der Waals surface area contributed by atoms with Crippen LogP contribution in [0.25, 0.3) is 0 Å². The average Bonchev–Trinajstić information content (AvgIpc) is 3.30. The van der Waals surface area contributed by atoms with Gasteiger partial charge in [0.2, 0.25) is 5.91 Å². The molecule has 1 N–H and O–H groups in total. The van der Waals surface area contributed by atoms with Crippen LogP contribution in [0, 0.1) is 5.92 Å². The van der Waals surface area contributed by atoms with Crippen molar-refractivity contribution in [2.24, 2.45) is 5.92 Å². The van der Waals surface area contributed by atoms with Crippen LogP contribution in [-0.2, 0) is 24.2 Å². The molecule has 3 heterocycles. The Hall–Kier alpha value is -2.70. The Labute approximate surface area is 152 Å². The van der Waals surface area contributed by atoms with Crippen molar-refractivity contribution in [1.29, 1.82) is 0 Å². The topological polar surface area (TPSA) is 84.2 Å². The highest BCUT2D eigenvalue weighted by molar-refractivity contribution is 5.77. The van der Waals surface area contributed by atoms with Gasteiger partial charge in [0.25, 0.3) is 0 Å². The molecule has 136 valence electrons. The van der Waals surface area contributed by atoms with E-state index in [1.807, 2.05) is 11.0 Å². The Kier molecular flexibility index (Phi) is 4.95. The predicted molar refractivity (Wildman–Crippen MR) is 96.3 cm³/mol. The van der Waals surface area contributed by atoms with Gasteiger partial charge in [0.15, 0.2) is 0 Å². The maximum absolute atomic E-state index is 12.6. The molecule has 0 unspecified atom stereocenters. The number of anilines is 1. The van der Waals surface area contributed by atoms with Crippen molar-refractivity contribution in [3.8, 4) is 0 Å². The van der Waals surface area contributed by atoms with Crippen molar-refractivity contribution in [3.05, 3.63) is 47.8 Å². The largest absolute Gasteiger partial charge is 0.364 e. The van der Waals surface area contributed by atoms with Crippen LogP contribution < -0.4 is 5.32 Å². The number of fused-ring (bicyclic) bond motifs is 1. The van der Waals surface area contributed by atoms with Crippen molar-refractivity contribution < 1.29 is 9.32 Å². The summed E-state index contributed by atoms with van der Waals surface area (Å²) in [6.07, 6.45) is 11.9. The Morgan fingerprint density at radius 1 is 1.31 bits per heavy atom. The number of aromatic nitrogens is 3. The van der Waals surface area contributed by atoms with E-state index in [-0.39, 0.29) is 5.91 Å². The summed E-state index contributed by atoms with van der Waals surface area (Å²) in [5.41, 5.74) is 2.96. The van der Waals surface area contributed by atoms with Gasteiger partial charge in [-0.2, -0.15) is 0 Å². The maximum atomic E-state index is 12.6. The highest BCUT2D eigenvalue weighted by atomic mass is 16.5. The van der Waals surface area contributed by atoms with Gasteiger partial charge in [-0.25, -0.2) is 9.97 Å². The lowest BCUT2D eigenvalue weighted by atomic mass is 10.0. The first kappa shape index (κ1) is 16.8. The standard InChI is InChI=1S/C19H23N5O2/c25-18(11-14-3-1-2-4-14)24-8-5-16-17(6-9-24)21-13-22-19(16)20-12-15-7-10-26-23-15/h1,3,7,10,13-14H,2,4-6,8-9,11-12H2,(H,20,21,22)/t14-/m1/s1. The summed E-state index contributed by atoms with van der Waals surface area (Å²) in [7, 11) is 0. The van der Waals surface area contributed by atoms with Crippen LogP contribution in [0.2, 0.25) is 0 Å². The van der Waals surface area contributed by atoms with E-state index in [4.69, 9.17) is 4.52 Å². The van der Waals surface area contributed by atoms with Gasteiger partial charge in [0.05, 0.1) is 12.2 Å². The second kappa shape index (κ2) is 7.68. The van der Waals surface area contributed by atoms with E-state index in [0.717, 1.165) is 55.0 Å². The van der Waals surface area contributed by atoms with Crippen LogP contribution in [0.4, 0.5) is 5.82 Å². The van der Waals surface area contributed by atoms with E-state index in [9.17, 15) is 4.79 Å². The molecule has 2 aliphatic rings. The number of hydrogen-bond acceptors (Lipinski definition) is 6. The molecule has 7 heteroatoms. The fourth-order valence-corrected chi connectivity index (χ4v) is 3.65. The third-order valence-electron chi connectivity index (χ3n) is 5.11. The molecule has 0 bridgehead atoms. The Bertz CT molecular complexity index is 787. The number of nitrogens with zero attached hydrogens (tertiary/aromatic N) is 4. The van der Waals surface area contributed by atoms with Gasteiger partial charge < -0.3 is 14.7 Å². The number of rotatable bonds is 5. The van der Waals surface area contributed by atoms with Crippen LogP contribution in [0.15, 0.2) is 35.3 Å². The lowest BCUT2D eigenvalue weighted by molar-refractivity contribution is -0.131. The molecule has 1 aliphatic heterocycles. The first-order valence-corrected chi connectivity index (χ1v) is 9.20. The van der Waals surface area contributed by atoms with Gasteiger partial charge in [0, 0.05) is 37.6 Å². The molecule has 4 rings (SSSR count). The zero-order valence-electron chi connectivity index (χ0n) is 14.7. The van der Waals surface area contributed by atoms with Crippen LogP contribution in [0.5, 0.6) is 0 Å². The molecular formula is C19H23N5O2. The third kappa shape index (κ3) is 3.76. The number of carbonyl (C=O) groups excluding carboxylic acids is 1. The second-order valence-corrected chi connectivity index (χ2v) is 6.84. The second-order valence-electron chi connectivity index (χ2n) is 6.84. The van der Waals surface area contributed by atoms with E-state index in [1.54, 1.807) is 12.6 Å². The SMILES string of the molecule is O=C(C[C@@H]1C=CCC1)N1CCc2ncnc(NCc3ccon3)c2CC1. The molecule has 1 aliphatic carbocycles. The number of allylic oxidation sites excluding steroid dienone is 2. The highest BCUT2D eigenvalue weighted by Gasteiger charge is 2.23.